The van der Waals surface area contributed by atoms with Crippen molar-refractivity contribution < 1.29 is 13.0 Å². The third-order valence-electron chi connectivity index (χ3n) is 1.02. The molecule has 0 aliphatic rings. The smallest absolute Gasteiger partial charge is 0.267 e. The van der Waals surface area contributed by atoms with Crippen molar-refractivity contribution in [2.24, 2.45) is 0 Å². The van der Waals surface area contributed by atoms with Crippen molar-refractivity contribution >= 4 is 26.0 Å². The molecule has 5 heteroatoms. The predicted octanol–water partition coefficient (Wildman–Crippen LogP) is 1.05. The highest BCUT2D eigenvalue weighted by molar-refractivity contribution is 9.09. The molecule has 0 fully saturated rings. The molecular formula is C4H9BrO3S. The molecule has 0 aliphatic carbocycles. The van der Waals surface area contributed by atoms with Crippen LogP contribution in [0.15, 0.2) is 0 Å². The topological polar surface area (TPSA) is 54.4 Å². The zero-order valence-electron chi connectivity index (χ0n) is 5.04. The highest BCUT2D eigenvalue weighted by Gasteiger charge is 2.15. The van der Waals surface area contributed by atoms with Gasteiger partial charge in [-0.25, -0.2) is 0 Å². The molecule has 0 amide bonds. The molecule has 0 spiro atoms. The van der Waals surface area contributed by atoms with E-state index in [0.29, 0.717) is 11.8 Å². The first-order valence-electron chi connectivity index (χ1n) is 2.50. The van der Waals surface area contributed by atoms with Crippen LogP contribution >= 0.6 is 15.9 Å². The molecule has 0 rings (SSSR count). The van der Waals surface area contributed by atoms with Gasteiger partial charge in [0, 0.05) is 5.33 Å². The van der Waals surface area contributed by atoms with Gasteiger partial charge >= 0.3 is 0 Å². The molecule has 0 bridgehead atoms. The van der Waals surface area contributed by atoms with E-state index in [9.17, 15) is 8.42 Å². The molecular weight excluding hydrogens is 208 g/mol. The molecule has 1 unspecified atom stereocenters. The Labute approximate surface area is 63.3 Å². The minimum atomic E-state index is -3.79. The number of hydrogen-bond donors (Lipinski definition) is 1. The van der Waals surface area contributed by atoms with Crippen LogP contribution in [-0.2, 0) is 10.1 Å². The second kappa shape index (κ2) is 3.53. The van der Waals surface area contributed by atoms with Gasteiger partial charge in [-0.15, -0.1) is 0 Å². The summed E-state index contributed by atoms with van der Waals surface area (Å²) in [5.41, 5.74) is 0. The zero-order chi connectivity index (χ0) is 7.49. The van der Waals surface area contributed by atoms with E-state index in [4.69, 9.17) is 4.55 Å². The van der Waals surface area contributed by atoms with Crippen LogP contribution < -0.4 is 0 Å². The molecule has 1 N–H and O–H groups in total. The van der Waals surface area contributed by atoms with Gasteiger partial charge in [0.05, 0.1) is 5.25 Å². The fourth-order valence-corrected chi connectivity index (χ4v) is 1.71. The average molecular weight is 217 g/mol. The summed E-state index contributed by atoms with van der Waals surface area (Å²) in [6.45, 7) is 1.47. The van der Waals surface area contributed by atoms with Gasteiger partial charge in [0.1, 0.15) is 0 Å². The summed E-state index contributed by atoms with van der Waals surface area (Å²) in [6.07, 6.45) is 0.443. The average Bonchev–Trinajstić information content (AvgIpc) is 1.64. The summed E-state index contributed by atoms with van der Waals surface area (Å²) in [5, 5.41) is -0.0644. The summed E-state index contributed by atoms with van der Waals surface area (Å²) in [4.78, 5) is 0. The lowest BCUT2D eigenvalue weighted by molar-refractivity contribution is 0.469. The maximum absolute atomic E-state index is 10.3. The zero-order valence-corrected chi connectivity index (χ0v) is 7.44. The minimum absolute atomic E-state index is 0.443. The maximum Gasteiger partial charge on any atom is 0.267 e. The van der Waals surface area contributed by atoms with Gasteiger partial charge in [-0.2, -0.15) is 8.42 Å². The van der Waals surface area contributed by atoms with E-state index >= 15 is 0 Å². The number of hydrogen-bond acceptors (Lipinski definition) is 2. The molecule has 0 radical (unpaired) electrons. The van der Waals surface area contributed by atoms with Crippen LogP contribution in [-0.4, -0.2) is 23.6 Å². The summed E-state index contributed by atoms with van der Waals surface area (Å²) < 4.78 is 28.9. The van der Waals surface area contributed by atoms with E-state index < -0.39 is 15.4 Å². The molecule has 0 saturated heterocycles. The van der Waals surface area contributed by atoms with Gasteiger partial charge in [0.2, 0.25) is 0 Å². The third kappa shape index (κ3) is 3.89. The van der Waals surface area contributed by atoms with Gasteiger partial charge in [0.15, 0.2) is 0 Å². The number of rotatable bonds is 3. The molecule has 0 aromatic rings. The Balaban J connectivity index is 3.90. The van der Waals surface area contributed by atoms with Crippen LogP contribution in [0.1, 0.15) is 13.3 Å². The molecule has 3 nitrogen and oxygen atoms in total. The minimum Gasteiger partial charge on any atom is -0.285 e. The van der Waals surface area contributed by atoms with Crippen LogP contribution in [0.2, 0.25) is 0 Å². The van der Waals surface area contributed by atoms with Gasteiger partial charge < -0.3 is 0 Å². The second-order valence-corrected chi connectivity index (χ2v) is 4.43. The first-order chi connectivity index (χ1) is 3.98. The van der Waals surface area contributed by atoms with Crippen molar-refractivity contribution in [3.05, 3.63) is 0 Å². The Morgan fingerprint density at radius 3 is 2.22 bits per heavy atom. The molecule has 0 aromatic carbocycles. The maximum atomic E-state index is 10.3. The van der Waals surface area contributed by atoms with E-state index in [2.05, 4.69) is 15.9 Å². The Morgan fingerprint density at radius 1 is 1.67 bits per heavy atom. The van der Waals surface area contributed by atoms with Gasteiger partial charge in [-0.05, 0) is 13.3 Å². The molecule has 0 saturated carbocycles. The van der Waals surface area contributed by atoms with Crippen molar-refractivity contribution in [3.8, 4) is 0 Å². The lowest BCUT2D eigenvalue weighted by Crippen LogP contribution is -2.16. The Hall–Kier alpha value is 0.390. The lowest BCUT2D eigenvalue weighted by Gasteiger charge is -2.02. The van der Waals surface area contributed by atoms with Crippen molar-refractivity contribution in [1.29, 1.82) is 0 Å². The standard InChI is InChI=1S/C4H9BrO3S/c1-4(2-3-5)9(6,7)8/h4H,2-3H2,1H3,(H,6,7,8). The molecule has 0 aliphatic heterocycles. The highest BCUT2D eigenvalue weighted by Crippen LogP contribution is 2.03. The van der Waals surface area contributed by atoms with Crippen LogP contribution in [0.5, 0.6) is 0 Å². The van der Waals surface area contributed by atoms with Crippen molar-refractivity contribution in [2.75, 3.05) is 5.33 Å². The second-order valence-electron chi connectivity index (χ2n) is 1.80. The summed E-state index contributed by atoms with van der Waals surface area (Å²) in [6, 6.07) is 0. The van der Waals surface area contributed by atoms with E-state index in [1.807, 2.05) is 0 Å². The molecule has 0 aromatic heterocycles. The summed E-state index contributed by atoms with van der Waals surface area (Å²) in [5.74, 6) is 0. The molecule has 9 heavy (non-hydrogen) atoms. The fraction of sp³-hybridized carbons (Fsp3) is 1.00. The Kier molecular flexibility index (Phi) is 3.68. The number of alkyl halides is 1. The monoisotopic (exact) mass is 216 g/mol. The predicted molar refractivity (Wildman–Crippen MR) is 39.4 cm³/mol. The largest absolute Gasteiger partial charge is 0.285 e. The first-order valence-corrected chi connectivity index (χ1v) is 5.13. The first kappa shape index (κ1) is 9.39. The van der Waals surface area contributed by atoms with Crippen molar-refractivity contribution in [3.63, 3.8) is 0 Å². The van der Waals surface area contributed by atoms with E-state index in [1.54, 1.807) is 0 Å². The van der Waals surface area contributed by atoms with Gasteiger partial charge in [-0.3, -0.25) is 4.55 Å². The summed E-state index contributed by atoms with van der Waals surface area (Å²) >= 11 is 3.07. The highest BCUT2D eigenvalue weighted by atomic mass is 79.9. The molecule has 56 valence electrons. The van der Waals surface area contributed by atoms with Gasteiger partial charge in [0.25, 0.3) is 10.1 Å². The lowest BCUT2D eigenvalue weighted by atomic mass is 10.4. The van der Waals surface area contributed by atoms with Crippen molar-refractivity contribution in [2.45, 2.75) is 18.6 Å². The quantitative estimate of drug-likeness (QED) is 0.567. The fourth-order valence-electron chi connectivity index (χ4n) is 0.303. The van der Waals surface area contributed by atoms with E-state index in [1.165, 1.54) is 6.92 Å². The van der Waals surface area contributed by atoms with Gasteiger partial charge in [-0.1, -0.05) is 15.9 Å². The van der Waals surface area contributed by atoms with E-state index in [-0.39, 0.29) is 0 Å². The van der Waals surface area contributed by atoms with Crippen LogP contribution in [0, 0.1) is 0 Å². The third-order valence-corrected chi connectivity index (χ3v) is 2.73. The molecule has 1 atom stereocenters. The SMILES string of the molecule is CC(CCBr)S(=O)(=O)O. The van der Waals surface area contributed by atoms with Crippen LogP contribution in [0.3, 0.4) is 0 Å². The summed E-state index contributed by atoms with van der Waals surface area (Å²) in [7, 11) is -3.79. The van der Waals surface area contributed by atoms with Crippen LogP contribution in [0.4, 0.5) is 0 Å². The Morgan fingerprint density at radius 2 is 2.11 bits per heavy atom. The molecule has 0 heterocycles. The van der Waals surface area contributed by atoms with Crippen molar-refractivity contribution in [1.82, 2.24) is 0 Å². The number of halogens is 1. The van der Waals surface area contributed by atoms with Crippen LogP contribution in [0.25, 0.3) is 0 Å². The van der Waals surface area contributed by atoms with E-state index in [0.717, 1.165) is 0 Å². The Bertz CT molecular complexity index is 163. The normalized spacial score (nSPS) is 15.4.